The van der Waals surface area contributed by atoms with E-state index in [9.17, 15) is 4.79 Å². The number of carbonyl (C=O) groups excluding carboxylic acids is 1. The van der Waals surface area contributed by atoms with E-state index in [4.69, 9.17) is 0 Å². The van der Waals surface area contributed by atoms with Gasteiger partial charge < -0.3 is 10.2 Å². The highest BCUT2D eigenvalue weighted by Crippen LogP contribution is 2.09. The van der Waals surface area contributed by atoms with Crippen molar-refractivity contribution in [3.8, 4) is 0 Å². The fraction of sp³-hybridized carbons (Fsp3) is 0.700. The van der Waals surface area contributed by atoms with Crippen LogP contribution in [0.1, 0.15) is 20.8 Å². The zero-order chi connectivity index (χ0) is 10.5. The number of amides is 1. The van der Waals surface area contributed by atoms with E-state index in [0.29, 0.717) is 6.54 Å². The van der Waals surface area contributed by atoms with Gasteiger partial charge in [-0.3, -0.25) is 4.79 Å². The van der Waals surface area contributed by atoms with Crippen LogP contribution in [-0.4, -0.2) is 31.4 Å². The number of nitrogens with zero attached hydrogens (tertiary/aromatic N) is 1. The van der Waals surface area contributed by atoms with E-state index < -0.39 is 0 Å². The SMILES string of the molecule is CN(C)C=CC(=O)NCC(C)(C)C. The lowest BCUT2D eigenvalue weighted by atomic mass is 9.97. The third kappa shape index (κ3) is 8.92. The van der Waals surface area contributed by atoms with Crippen molar-refractivity contribution in [1.29, 1.82) is 0 Å². The van der Waals surface area contributed by atoms with Crippen molar-refractivity contribution in [1.82, 2.24) is 10.2 Å². The quantitative estimate of drug-likeness (QED) is 0.669. The molecule has 3 heteroatoms. The monoisotopic (exact) mass is 184 g/mol. The van der Waals surface area contributed by atoms with Gasteiger partial charge >= 0.3 is 0 Å². The average molecular weight is 184 g/mol. The first-order valence-corrected chi connectivity index (χ1v) is 4.44. The van der Waals surface area contributed by atoms with Crippen molar-refractivity contribution >= 4 is 5.91 Å². The van der Waals surface area contributed by atoms with Crippen LogP contribution >= 0.6 is 0 Å². The molecule has 0 spiro atoms. The summed E-state index contributed by atoms with van der Waals surface area (Å²) in [5.74, 6) is -0.0383. The highest BCUT2D eigenvalue weighted by Gasteiger charge is 2.10. The molecule has 0 aromatic carbocycles. The van der Waals surface area contributed by atoms with Gasteiger partial charge in [-0.2, -0.15) is 0 Å². The topological polar surface area (TPSA) is 32.3 Å². The molecule has 76 valence electrons. The Bertz CT molecular complexity index is 190. The molecule has 1 amide bonds. The van der Waals surface area contributed by atoms with E-state index in [1.165, 1.54) is 6.08 Å². The molecule has 0 radical (unpaired) electrons. The molecule has 0 fully saturated rings. The lowest BCUT2D eigenvalue weighted by molar-refractivity contribution is -0.116. The van der Waals surface area contributed by atoms with Crippen LogP contribution in [-0.2, 0) is 4.79 Å². The fourth-order valence-corrected chi connectivity index (χ4v) is 0.628. The Morgan fingerprint density at radius 3 is 2.31 bits per heavy atom. The van der Waals surface area contributed by atoms with Gasteiger partial charge in [-0.05, 0) is 5.41 Å². The molecule has 0 heterocycles. The van der Waals surface area contributed by atoms with Crippen LogP contribution in [0.25, 0.3) is 0 Å². The number of rotatable bonds is 3. The summed E-state index contributed by atoms with van der Waals surface area (Å²) in [4.78, 5) is 13.0. The molecule has 0 unspecified atom stereocenters. The number of carbonyl (C=O) groups is 1. The Kier molecular flexibility index (Phi) is 4.52. The number of hydrogen-bond donors (Lipinski definition) is 1. The zero-order valence-electron chi connectivity index (χ0n) is 9.22. The highest BCUT2D eigenvalue weighted by molar-refractivity contribution is 5.87. The first-order valence-electron chi connectivity index (χ1n) is 4.44. The minimum Gasteiger partial charge on any atom is -0.383 e. The second kappa shape index (κ2) is 4.90. The molecule has 0 aliphatic heterocycles. The van der Waals surface area contributed by atoms with Crippen LogP contribution in [0.15, 0.2) is 12.3 Å². The molecule has 1 N–H and O–H groups in total. The van der Waals surface area contributed by atoms with Crippen molar-refractivity contribution in [2.75, 3.05) is 20.6 Å². The van der Waals surface area contributed by atoms with Crippen molar-refractivity contribution in [3.05, 3.63) is 12.3 Å². The standard InChI is InChI=1S/C10H20N2O/c1-10(2,3)8-11-9(13)6-7-12(4)5/h6-7H,8H2,1-5H3,(H,11,13). The summed E-state index contributed by atoms with van der Waals surface area (Å²) in [6.45, 7) is 6.96. The van der Waals surface area contributed by atoms with Crippen LogP contribution < -0.4 is 5.32 Å². The van der Waals surface area contributed by atoms with Crippen molar-refractivity contribution < 1.29 is 4.79 Å². The highest BCUT2D eigenvalue weighted by atomic mass is 16.1. The summed E-state index contributed by atoms with van der Waals surface area (Å²) in [5, 5.41) is 2.83. The summed E-state index contributed by atoms with van der Waals surface area (Å²) in [6, 6.07) is 0. The van der Waals surface area contributed by atoms with Crippen molar-refractivity contribution in [2.45, 2.75) is 20.8 Å². The van der Waals surface area contributed by atoms with Crippen LogP contribution in [0.5, 0.6) is 0 Å². The van der Waals surface area contributed by atoms with Crippen LogP contribution in [0.3, 0.4) is 0 Å². The van der Waals surface area contributed by atoms with Gasteiger partial charge in [-0.15, -0.1) is 0 Å². The normalized spacial score (nSPS) is 11.8. The number of nitrogens with one attached hydrogen (secondary N) is 1. The van der Waals surface area contributed by atoms with Gasteiger partial charge in [0.15, 0.2) is 0 Å². The van der Waals surface area contributed by atoms with Gasteiger partial charge in [0.05, 0.1) is 0 Å². The summed E-state index contributed by atoms with van der Waals surface area (Å²) in [7, 11) is 3.76. The van der Waals surface area contributed by atoms with Gasteiger partial charge in [0, 0.05) is 32.9 Å². The minimum absolute atomic E-state index is 0.0383. The molecule has 0 atom stereocenters. The molecule has 0 aromatic rings. The largest absolute Gasteiger partial charge is 0.383 e. The van der Waals surface area contributed by atoms with Crippen LogP contribution in [0, 0.1) is 5.41 Å². The molecule has 0 saturated carbocycles. The maximum atomic E-state index is 11.2. The van der Waals surface area contributed by atoms with Gasteiger partial charge in [0.25, 0.3) is 0 Å². The molecule has 0 aromatic heterocycles. The van der Waals surface area contributed by atoms with Gasteiger partial charge in [-0.25, -0.2) is 0 Å². The summed E-state index contributed by atoms with van der Waals surface area (Å²) < 4.78 is 0. The second-order valence-corrected chi connectivity index (χ2v) is 4.56. The van der Waals surface area contributed by atoms with E-state index in [-0.39, 0.29) is 11.3 Å². The van der Waals surface area contributed by atoms with E-state index >= 15 is 0 Å². The smallest absolute Gasteiger partial charge is 0.245 e. The third-order valence-electron chi connectivity index (χ3n) is 1.32. The summed E-state index contributed by atoms with van der Waals surface area (Å²) >= 11 is 0. The Morgan fingerprint density at radius 1 is 1.38 bits per heavy atom. The molecule has 0 aliphatic rings. The molecule has 3 nitrogen and oxygen atoms in total. The molecule has 0 bridgehead atoms. The van der Waals surface area contributed by atoms with Gasteiger partial charge in [0.1, 0.15) is 0 Å². The molecular weight excluding hydrogens is 164 g/mol. The predicted molar refractivity (Wildman–Crippen MR) is 55.3 cm³/mol. The Hall–Kier alpha value is -0.990. The first kappa shape index (κ1) is 12.0. The third-order valence-corrected chi connectivity index (χ3v) is 1.32. The van der Waals surface area contributed by atoms with Crippen LogP contribution in [0.4, 0.5) is 0 Å². The Labute approximate surface area is 80.8 Å². The van der Waals surface area contributed by atoms with Crippen molar-refractivity contribution in [3.63, 3.8) is 0 Å². The fourth-order valence-electron chi connectivity index (χ4n) is 0.628. The lowest BCUT2D eigenvalue weighted by Gasteiger charge is -2.17. The lowest BCUT2D eigenvalue weighted by Crippen LogP contribution is -2.31. The van der Waals surface area contributed by atoms with Gasteiger partial charge in [-0.1, -0.05) is 20.8 Å². The first-order chi connectivity index (χ1) is 5.81. The predicted octanol–water partition coefficient (Wildman–Crippen LogP) is 1.22. The van der Waals surface area contributed by atoms with Gasteiger partial charge in [0.2, 0.25) is 5.91 Å². The second-order valence-electron chi connectivity index (χ2n) is 4.56. The minimum atomic E-state index is -0.0383. The molecule has 0 aliphatic carbocycles. The zero-order valence-corrected chi connectivity index (χ0v) is 9.22. The maximum absolute atomic E-state index is 11.2. The van der Waals surface area contributed by atoms with E-state index in [1.807, 2.05) is 19.0 Å². The number of hydrogen-bond acceptors (Lipinski definition) is 2. The molecule has 0 saturated heterocycles. The molecule has 13 heavy (non-hydrogen) atoms. The molecular formula is C10H20N2O. The van der Waals surface area contributed by atoms with Crippen molar-refractivity contribution in [2.24, 2.45) is 5.41 Å². The summed E-state index contributed by atoms with van der Waals surface area (Å²) in [5.41, 5.74) is 0.140. The maximum Gasteiger partial charge on any atom is 0.245 e. The van der Waals surface area contributed by atoms with Crippen LogP contribution in [0.2, 0.25) is 0 Å². The molecule has 0 rings (SSSR count). The summed E-state index contributed by atoms with van der Waals surface area (Å²) in [6.07, 6.45) is 3.27. The van der Waals surface area contributed by atoms with E-state index in [0.717, 1.165) is 0 Å². The Balaban J connectivity index is 3.77. The average Bonchev–Trinajstić information content (AvgIpc) is 1.95. The van der Waals surface area contributed by atoms with E-state index in [1.54, 1.807) is 6.20 Å². The van der Waals surface area contributed by atoms with E-state index in [2.05, 4.69) is 26.1 Å². The Morgan fingerprint density at radius 2 is 1.92 bits per heavy atom.